The first-order valence-corrected chi connectivity index (χ1v) is 5.95. The molecule has 0 fully saturated rings. The van der Waals surface area contributed by atoms with E-state index in [0.717, 1.165) is 17.0 Å². The Bertz CT molecular complexity index is 380. The molecule has 0 amide bonds. The van der Waals surface area contributed by atoms with Gasteiger partial charge in [0.1, 0.15) is 5.82 Å². The smallest absolute Gasteiger partial charge is 0.123 e. The lowest BCUT2D eigenvalue weighted by Gasteiger charge is -2.10. The van der Waals surface area contributed by atoms with Crippen molar-refractivity contribution in [2.45, 2.75) is 17.9 Å². The van der Waals surface area contributed by atoms with Crippen molar-refractivity contribution in [3.63, 3.8) is 0 Å². The third-order valence-corrected chi connectivity index (χ3v) is 3.86. The Kier molecular flexibility index (Phi) is 2.65. The first-order chi connectivity index (χ1) is 6.72. The van der Waals surface area contributed by atoms with E-state index in [1.165, 1.54) is 12.1 Å². The van der Waals surface area contributed by atoms with Crippen LogP contribution >= 0.6 is 0 Å². The number of hydrogen-bond acceptors (Lipinski definition) is 2. The van der Waals surface area contributed by atoms with Gasteiger partial charge in [0.2, 0.25) is 0 Å². The van der Waals surface area contributed by atoms with Crippen LogP contribution in [0.3, 0.4) is 0 Å². The predicted octanol–water partition coefficient (Wildman–Crippen LogP) is 1.60. The molecule has 2 rings (SSSR count). The predicted molar refractivity (Wildman–Crippen MR) is 54.1 cm³/mol. The second-order valence-electron chi connectivity index (χ2n) is 3.30. The summed E-state index contributed by atoms with van der Waals surface area (Å²) < 4.78 is 24.6. The summed E-state index contributed by atoms with van der Waals surface area (Å²) in [6.07, 6.45) is 0. The molecule has 1 aliphatic heterocycles. The van der Waals surface area contributed by atoms with Gasteiger partial charge >= 0.3 is 0 Å². The van der Waals surface area contributed by atoms with Gasteiger partial charge in [-0.1, -0.05) is 6.92 Å². The molecule has 14 heavy (non-hydrogen) atoms. The molecule has 1 aliphatic rings. The number of rotatable bonds is 2. The minimum absolute atomic E-state index is 0.0477. The summed E-state index contributed by atoms with van der Waals surface area (Å²) in [5.41, 5.74) is 0.852. The molecule has 0 saturated carbocycles. The Hall–Kier alpha value is -0.740. The van der Waals surface area contributed by atoms with Crippen LogP contribution in [0.2, 0.25) is 0 Å². The summed E-state index contributed by atoms with van der Waals surface area (Å²) in [7, 11) is -0.967. The zero-order chi connectivity index (χ0) is 10.1. The Morgan fingerprint density at radius 3 is 3.14 bits per heavy atom. The summed E-state index contributed by atoms with van der Waals surface area (Å²) in [6, 6.07) is 4.52. The van der Waals surface area contributed by atoms with Gasteiger partial charge in [-0.05, 0) is 30.3 Å². The van der Waals surface area contributed by atoms with Crippen molar-refractivity contribution in [1.29, 1.82) is 0 Å². The highest BCUT2D eigenvalue weighted by Crippen LogP contribution is 2.30. The minimum atomic E-state index is -0.967. The molecule has 1 heterocycles. The highest BCUT2D eigenvalue weighted by molar-refractivity contribution is 7.85. The average Bonchev–Trinajstić information content (AvgIpc) is 2.44. The van der Waals surface area contributed by atoms with Crippen molar-refractivity contribution in [2.24, 2.45) is 0 Å². The Labute approximate surface area is 85.0 Å². The zero-order valence-electron chi connectivity index (χ0n) is 7.92. The lowest BCUT2D eigenvalue weighted by molar-refractivity contribution is 0.587. The lowest BCUT2D eigenvalue weighted by Crippen LogP contribution is -2.21. The molecule has 2 unspecified atom stereocenters. The van der Waals surface area contributed by atoms with Crippen LogP contribution < -0.4 is 5.32 Å². The lowest BCUT2D eigenvalue weighted by atomic mass is 10.1. The number of nitrogens with one attached hydrogen (secondary N) is 1. The van der Waals surface area contributed by atoms with Gasteiger partial charge in [0.25, 0.3) is 0 Å². The van der Waals surface area contributed by atoms with E-state index in [4.69, 9.17) is 0 Å². The van der Waals surface area contributed by atoms with Crippen LogP contribution in [0.25, 0.3) is 0 Å². The van der Waals surface area contributed by atoms with Crippen molar-refractivity contribution in [3.8, 4) is 0 Å². The van der Waals surface area contributed by atoms with E-state index in [0.29, 0.717) is 5.75 Å². The fourth-order valence-electron chi connectivity index (χ4n) is 1.75. The van der Waals surface area contributed by atoms with Crippen LogP contribution in [-0.2, 0) is 10.8 Å². The third-order valence-electron chi connectivity index (χ3n) is 2.36. The Balaban J connectivity index is 2.40. The van der Waals surface area contributed by atoms with E-state index < -0.39 is 10.8 Å². The summed E-state index contributed by atoms with van der Waals surface area (Å²) in [5, 5.41) is 3.20. The van der Waals surface area contributed by atoms with Crippen molar-refractivity contribution in [1.82, 2.24) is 5.32 Å². The normalized spacial score (nSPS) is 25.0. The zero-order valence-corrected chi connectivity index (χ0v) is 8.73. The second kappa shape index (κ2) is 3.79. The molecule has 0 aromatic heterocycles. The fraction of sp³-hybridized carbons (Fsp3) is 0.400. The SMILES string of the molecule is CCNC1CS(=O)c2ccc(F)cc21. The number of hydrogen-bond donors (Lipinski definition) is 1. The molecule has 0 radical (unpaired) electrons. The number of benzene rings is 1. The molecule has 1 aromatic rings. The molecule has 76 valence electrons. The summed E-state index contributed by atoms with van der Waals surface area (Å²) in [6.45, 7) is 2.79. The molecule has 2 atom stereocenters. The largest absolute Gasteiger partial charge is 0.309 e. The van der Waals surface area contributed by atoms with Gasteiger partial charge in [-0.2, -0.15) is 0 Å². The van der Waals surface area contributed by atoms with Gasteiger partial charge < -0.3 is 5.32 Å². The maximum Gasteiger partial charge on any atom is 0.123 e. The number of halogens is 1. The highest BCUT2D eigenvalue weighted by atomic mass is 32.2. The fourth-order valence-corrected chi connectivity index (χ4v) is 3.21. The molecule has 1 aromatic carbocycles. The van der Waals surface area contributed by atoms with Crippen LogP contribution in [0.1, 0.15) is 18.5 Å². The van der Waals surface area contributed by atoms with Crippen molar-refractivity contribution in [2.75, 3.05) is 12.3 Å². The van der Waals surface area contributed by atoms with Gasteiger partial charge in [0, 0.05) is 16.7 Å². The van der Waals surface area contributed by atoms with E-state index in [9.17, 15) is 8.60 Å². The van der Waals surface area contributed by atoms with Crippen LogP contribution in [0.5, 0.6) is 0 Å². The van der Waals surface area contributed by atoms with E-state index in [1.807, 2.05) is 6.92 Å². The summed E-state index contributed by atoms with van der Waals surface area (Å²) in [5.74, 6) is 0.303. The summed E-state index contributed by atoms with van der Waals surface area (Å²) >= 11 is 0. The Morgan fingerprint density at radius 1 is 1.64 bits per heavy atom. The molecular formula is C10H12FNOS. The first-order valence-electron chi connectivity index (χ1n) is 4.63. The van der Waals surface area contributed by atoms with Crippen molar-refractivity contribution < 1.29 is 8.60 Å². The van der Waals surface area contributed by atoms with E-state index in [2.05, 4.69) is 5.32 Å². The van der Waals surface area contributed by atoms with Crippen molar-refractivity contribution >= 4 is 10.8 Å². The highest BCUT2D eigenvalue weighted by Gasteiger charge is 2.27. The van der Waals surface area contributed by atoms with Crippen molar-refractivity contribution in [3.05, 3.63) is 29.6 Å². The van der Waals surface area contributed by atoms with E-state index >= 15 is 0 Å². The van der Waals surface area contributed by atoms with Gasteiger partial charge in [-0.3, -0.25) is 4.21 Å². The standard InChI is InChI=1S/C10H12FNOS/c1-2-12-9-6-14(13)10-4-3-7(11)5-8(9)10/h3-5,9,12H,2,6H2,1H3. The molecule has 0 spiro atoms. The van der Waals surface area contributed by atoms with Crippen LogP contribution in [0, 0.1) is 5.82 Å². The van der Waals surface area contributed by atoms with Crippen LogP contribution in [0.15, 0.2) is 23.1 Å². The average molecular weight is 213 g/mol. The van der Waals surface area contributed by atoms with Gasteiger partial charge in [-0.25, -0.2) is 4.39 Å². The molecule has 2 nitrogen and oxygen atoms in total. The molecular weight excluding hydrogens is 201 g/mol. The molecule has 0 saturated heterocycles. The molecule has 4 heteroatoms. The monoisotopic (exact) mass is 213 g/mol. The third kappa shape index (κ3) is 1.60. The van der Waals surface area contributed by atoms with E-state index in [-0.39, 0.29) is 11.9 Å². The Morgan fingerprint density at radius 2 is 2.43 bits per heavy atom. The molecule has 1 N–H and O–H groups in total. The van der Waals surface area contributed by atoms with Crippen LogP contribution in [0.4, 0.5) is 4.39 Å². The van der Waals surface area contributed by atoms with Gasteiger partial charge in [-0.15, -0.1) is 0 Å². The topological polar surface area (TPSA) is 29.1 Å². The minimum Gasteiger partial charge on any atom is -0.309 e. The second-order valence-corrected chi connectivity index (χ2v) is 4.77. The quantitative estimate of drug-likeness (QED) is 0.808. The van der Waals surface area contributed by atoms with Gasteiger partial charge in [0.05, 0.1) is 10.8 Å². The van der Waals surface area contributed by atoms with E-state index in [1.54, 1.807) is 6.07 Å². The summed E-state index contributed by atoms with van der Waals surface area (Å²) in [4.78, 5) is 0.775. The molecule has 0 bridgehead atoms. The molecule has 0 aliphatic carbocycles. The van der Waals surface area contributed by atoms with Gasteiger partial charge in [0.15, 0.2) is 0 Å². The number of fused-ring (bicyclic) bond motifs is 1. The van der Waals surface area contributed by atoms with Crippen LogP contribution in [-0.4, -0.2) is 16.5 Å². The first kappa shape index (κ1) is 9.80. The maximum absolute atomic E-state index is 13.0. The maximum atomic E-state index is 13.0.